The van der Waals surface area contributed by atoms with Crippen LogP contribution in [0.15, 0.2) is 48.5 Å². The van der Waals surface area contributed by atoms with E-state index in [-0.39, 0.29) is 23.0 Å². The van der Waals surface area contributed by atoms with E-state index >= 15 is 0 Å². The molecule has 1 fully saturated rings. The summed E-state index contributed by atoms with van der Waals surface area (Å²) in [4.78, 5) is 35.8. The quantitative estimate of drug-likeness (QED) is 0.395. The molecule has 0 aliphatic carbocycles. The van der Waals surface area contributed by atoms with Gasteiger partial charge in [-0.1, -0.05) is 12.1 Å². The number of hydrogen-bond acceptors (Lipinski definition) is 6. The van der Waals surface area contributed by atoms with Crippen molar-refractivity contribution in [2.75, 3.05) is 31.1 Å². The molecule has 182 valence electrons. The van der Waals surface area contributed by atoms with Crippen LogP contribution in [0.2, 0.25) is 0 Å². The van der Waals surface area contributed by atoms with Gasteiger partial charge in [0.2, 0.25) is 0 Å². The van der Waals surface area contributed by atoms with Gasteiger partial charge in [0.15, 0.2) is 5.82 Å². The topological polar surface area (TPSA) is 92.5 Å². The molecule has 1 aromatic heterocycles. The van der Waals surface area contributed by atoms with Crippen molar-refractivity contribution in [1.29, 1.82) is 0 Å². The minimum atomic E-state index is -4.47. The maximum absolute atomic E-state index is 13.2. The maximum atomic E-state index is 13.2. The van der Waals surface area contributed by atoms with Crippen molar-refractivity contribution in [3.05, 3.63) is 81.0 Å². The highest BCUT2D eigenvalue weighted by Crippen LogP contribution is 2.32. The zero-order valence-corrected chi connectivity index (χ0v) is 19.0. The third kappa shape index (κ3) is 5.08. The van der Waals surface area contributed by atoms with E-state index in [1.807, 2.05) is 11.8 Å². The highest BCUT2D eigenvalue weighted by atomic mass is 19.4. The second-order valence-electron chi connectivity index (χ2n) is 8.24. The number of piperazine rings is 1. The summed E-state index contributed by atoms with van der Waals surface area (Å²) in [6, 6.07) is 10.4. The van der Waals surface area contributed by atoms with Crippen molar-refractivity contribution in [1.82, 2.24) is 14.9 Å². The smallest absolute Gasteiger partial charge is 0.353 e. The van der Waals surface area contributed by atoms with Gasteiger partial charge < -0.3 is 9.80 Å². The van der Waals surface area contributed by atoms with Crippen LogP contribution in [0.4, 0.5) is 24.7 Å². The van der Waals surface area contributed by atoms with Crippen molar-refractivity contribution < 1.29 is 22.9 Å². The summed E-state index contributed by atoms with van der Waals surface area (Å²) in [5.41, 5.74) is 1.26. The second-order valence-corrected chi connectivity index (χ2v) is 8.24. The molecule has 1 saturated heterocycles. The number of nitro groups is 1. The van der Waals surface area contributed by atoms with Gasteiger partial charge in [0, 0.05) is 60.7 Å². The average molecular weight is 485 g/mol. The minimum absolute atomic E-state index is 0.0856. The predicted molar refractivity (Wildman–Crippen MR) is 123 cm³/mol. The van der Waals surface area contributed by atoms with Crippen molar-refractivity contribution in [3.8, 4) is 11.4 Å². The monoisotopic (exact) mass is 485 g/mol. The maximum Gasteiger partial charge on any atom is 0.416 e. The lowest BCUT2D eigenvalue weighted by Gasteiger charge is -2.36. The minimum Gasteiger partial charge on any atom is -0.353 e. The Labute approximate surface area is 199 Å². The van der Waals surface area contributed by atoms with E-state index in [2.05, 4.69) is 9.97 Å². The fourth-order valence-electron chi connectivity index (χ4n) is 3.91. The molecule has 0 spiro atoms. The number of amides is 1. The molecule has 3 aromatic rings. The van der Waals surface area contributed by atoms with E-state index in [0.717, 1.165) is 17.7 Å². The van der Waals surface area contributed by atoms with E-state index in [0.29, 0.717) is 43.3 Å². The fourth-order valence-corrected chi connectivity index (χ4v) is 3.91. The number of alkyl halides is 3. The first-order valence-electron chi connectivity index (χ1n) is 10.9. The van der Waals surface area contributed by atoms with Gasteiger partial charge in [-0.15, -0.1) is 0 Å². The summed E-state index contributed by atoms with van der Waals surface area (Å²) in [7, 11) is 0. The lowest BCUT2D eigenvalue weighted by molar-refractivity contribution is -0.384. The van der Waals surface area contributed by atoms with Crippen LogP contribution >= 0.6 is 0 Å². The Morgan fingerprint density at radius 2 is 1.66 bits per heavy atom. The Balaban J connectivity index is 1.52. The number of halogens is 3. The normalized spacial score (nSPS) is 14.2. The van der Waals surface area contributed by atoms with Crippen molar-refractivity contribution in [3.63, 3.8) is 0 Å². The lowest BCUT2D eigenvalue weighted by atomic mass is 10.1. The van der Waals surface area contributed by atoms with Gasteiger partial charge in [-0.05, 0) is 38.1 Å². The molecule has 0 unspecified atom stereocenters. The van der Waals surface area contributed by atoms with Gasteiger partial charge in [0.1, 0.15) is 5.82 Å². The number of carbonyl (C=O) groups excluding carboxylic acids is 1. The van der Waals surface area contributed by atoms with Crippen LogP contribution in [0, 0.1) is 24.0 Å². The number of carbonyl (C=O) groups is 1. The molecular weight excluding hydrogens is 463 g/mol. The third-order valence-corrected chi connectivity index (χ3v) is 6.00. The van der Waals surface area contributed by atoms with Gasteiger partial charge in [-0.3, -0.25) is 14.9 Å². The van der Waals surface area contributed by atoms with Crippen molar-refractivity contribution >= 4 is 17.4 Å². The van der Waals surface area contributed by atoms with Gasteiger partial charge >= 0.3 is 6.18 Å². The van der Waals surface area contributed by atoms with Gasteiger partial charge in [-0.2, -0.15) is 13.2 Å². The van der Waals surface area contributed by atoms with Crippen LogP contribution in [-0.2, 0) is 6.18 Å². The molecule has 35 heavy (non-hydrogen) atoms. The summed E-state index contributed by atoms with van der Waals surface area (Å²) in [5.74, 6) is 0.603. The van der Waals surface area contributed by atoms with E-state index < -0.39 is 16.7 Å². The summed E-state index contributed by atoms with van der Waals surface area (Å²) >= 11 is 0. The largest absolute Gasteiger partial charge is 0.416 e. The SMILES string of the molecule is Cc1nc(-c2cccc(C(F)(F)F)c2)nc(N2CCN(C(=O)c3ccc([N+](=O)[O-])cc3)CC2)c1C. The van der Waals surface area contributed by atoms with Gasteiger partial charge in [0.05, 0.1) is 10.5 Å². The highest BCUT2D eigenvalue weighted by molar-refractivity contribution is 5.94. The fraction of sp³-hybridized carbons (Fsp3) is 0.292. The third-order valence-electron chi connectivity index (χ3n) is 6.00. The number of nitrogens with zero attached hydrogens (tertiary/aromatic N) is 5. The zero-order chi connectivity index (χ0) is 25.3. The molecule has 8 nitrogen and oxygen atoms in total. The Bertz CT molecular complexity index is 1270. The van der Waals surface area contributed by atoms with Crippen LogP contribution in [0.1, 0.15) is 27.2 Å². The summed E-state index contributed by atoms with van der Waals surface area (Å²) in [6.07, 6.45) is -4.47. The molecule has 2 aromatic carbocycles. The number of rotatable bonds is 4. The number of nitro benzene ring substituents is 1. The molecule has 1 aliphatic rings. The van der Waals surface area contributed by atoms with Crippen LogP contribution in [0.5, 0.6) is 0 Å². The molecule has 0 atom stereocenters. The molecule has 0 radical (unpaired) electrons. The Kier molecular flexibility index (Phi) is 6.42. The van der Waals surface area contributed by atoms with Gasteiger partial charge in [-0.25, -0.2) is 9.97 Å². The predicted octanol–water partition coefficient (Wildman–Crippen LogP) is 4.65. The first kappa shape index (κ1) is 24.1. The summed E-state index contributed by atoms with van der Waals surface area (Å²) in [6.45, 7) is 5.38. The number of hydrogen-bond donors (Lipinski definition) is 0. The van der Waals surface area contributed by atoms with Gasteiger partial charge in [0.25, 0.3) is 11.6 Å². The number of anilines is 1. The van der Waals surface area contributed by atoms with Crippen LogP contribution < -0.4 is 4.90 Å². The summed E-state index contributed by atoms with van der Waals surface area (Å²) < 4.78 is 39.5. The highest BCUT2D eigenvalue weighted by Gasteiger charge is 2.31. The first-order valence-corrected chi connectivity index (χ1v) is 10.9. The Morgan fingerprint density at radius 3 is 2.26 bits per heavy atom. The lowest BCUT2D eigenvalue weighted by Crippen LogP contribution is -2.49. The molecule has 1 amide bonds. The molecule has 2 heterocycles. The van der Waals surface area contributed by atoms with E-state index in [1.54, 1.807) is 17.9 Å². The molecular formula is C24H22F3N5O3. The average Bonchev–Trinajstić information content (AvgIpc) is 2.85. The molecule has 11 heteroatoms. The molecule has 0 N–H and O–H groups in total. The van der Waals surface area contributed by atoms with E-state index in [9.17, 15) is 28.1 Å². The number of non-ortho nitro benzene ring substituents is 1. The van der Waals surface area contributed by atoms with E-state index in [1.165, 1.54) is 30.3 Å². The number of aromatic nitrogens is 2. The van der Waals surface area contributed by atoms with Crippen molar-refractivity contribution in [2.24, 2.45) is 0 Å². The molecule has 1 aliphatic heterocycles. The standard InChI is InChI=1S/C24H22F3N5O3/c1-15-16(2)28-21(18-4-3-5-19(14-18)24(25,26)27)29-22(15)30-10-12-31(13-11-30)23(33)17-6-8-20(9-7-17)32(34)35/h3-9,14H,10-13H2,1-2H3. The van der Waals surface area contributed by atoms with E-state index in [4.69, 9.17) is 0 Å². The van der Waals surface area contributed by atoms with Crippen LogP contribution in [0.3, 0.4) is 0 Å². The number of benzene rings is 2. The first-order chi connectivity index (χ1) is 16.5. The van der Waals surface area contributed by atoms with Crippen LogP contribution in [-0.4, -0.2) is 51.9 Å². The summed E-state index contributed by atoms with van der Waals surface area (Å²) in [5, 5.41) is 10.8. The number of aryl methyl sites for hydroxylation is 1. The van der Waals surface area contributed by atoms with Crippen molar-refractivity contribution in [2.45, 2.75) is 20.0 Å². The zero-order valence-electron chi connectivity index (χ0n) is 19.0. The molecule has 0 bridgehead atoms. The Hall–Kier alpha value is -4.02. The van der Waals surface area contributed by atoms with Crippen LogP contribution in [0.25, 0.3) is 11.4 Å². The second kappa shape index (κ2) is 9.32. The molecule has 0 saturated carbocycles. The molecule has 4 rings (SSSR count). The Morgan fingerprint density at radius 1 is 1.00 bits per heavy atom.